The van der Waals surface area contributed by atoms with Gasteiger partial charge in [0.05, 0.1) is 11.2 Å². The molecule has 0 aliphatic rings. The summed E-state index contributed by atoms with van der Waals surface area (Å²) in [4.78, 5) is 4.25. The molecule has 0 saturated heterocycles. The Labute approximate surface area is 85.7 Å². The molecule has 12 heavy (non-hydrogen) atoms. The summed E-state index contributed by atoms with van der Waals surface area (Å²) in [6.45, 7) is 3.74. The van der Waals surface area contributed by atoms with Crippen LogP contribution < -0.4 is 0 Å². The minimum absolute atomic E-state index is 0.643. The first-order valence-corrected chi connectivity index (χ1v) is 5.97. The minimum Gasteiger partial charge on any atom is -0.250 e. The molecule has 0 saturated carbocycles. The lowest BCUT2D eigenvalue weighted by atomic mass is 10.0. The van der Waals surface area contributed by atoms with E-state index in [1.165, 1.54) is 5.69 Å². The number of hydrogen-bond donors (Lipinski definition) is 0. The normalized spacial score (nSPS) is 12.8. The molecule has 1 heterocycles. The Hall–Kier alpha value is -0.150. The molecule has 1 aromatic rings. The van der Waals surface area contributed by atoms with Crippen molar-refractivity contribution in [2.24, 2.45) is 5.92 Å². The smallest absolute Gasteiger partial charge is 0.0794 e. The zero-order valence-corrected chi connectivity index (χ0v) is 9.27. The van der Waals surface area contributed by atoms with Crippen molar-refractivity contribution in [3.63, 3.8) is 0 Å². The lowest BCUT2D eigenvalue weighted by Gasteiger charge is -2.08. The maximum Gasteiger partial charge on any atom is 0.0794 e. The number of thiazole rings is 1. The lowest BCUT2D eigenvalue weighted by molar-refractivity contribution is 0.597. The maximum atomic E-state index is 4.25. The minimum atomic E-state index is 0.643. The molecular weight excluding hydrogens is 234 g/mol. The molecule has 1 aromatic heterocycles. The highest BCUT2D eigenvalue weighted by molar-refractivity contribution is 9.09. The Bertz CT molecular complexity index is 220. The van der Waals surface area contributed by atoms with Crippen LogP contribution in [0.3, 0.4) is 0 Å². The van der Waals surface area contributed by atoms with Crippen molar-refractivity contribution in [2.45, 2.75) is 12.8 Å². The van der Waals surface area contributed by atoms with E-state index in [0.29, 0.717) is 5.92 Å². The fraction of sp³-hybridized carbons (Fsp3) is 0.444. The molecule has 1 atom stereocenters. The van der Waals surface area contributed by atoms with Gasteiger partial charge in [-0.2, -0.15) is 0 Å². The molecule has 3 heteroatoms. The fourth-order valence-corrected chi connectivity index (χ4v) is 2.14. The van der Waals surface area contributed by atoms with Gasteiger partial charge in [-0.25, -0.2) is 4.98 Å². The van der Waals surface area contributed by atoms with Crippen LogP contribution >= 0.6 is 27.3 Å². The second-order valence-electron chi connectivity index (χ2n) is 2.73. The van der Waals surface area contributed by atoms with Crippen LogP contribution in [0.1, 0.15) is 12.1 Å². The van der Waals surface area contributed by atoms with E-state index >= 15 is 0 Å². The highest BCUT2D eigenvalue weighted by atomic mass is 79.9. The van der Waals surface area contributed by atoms with Crippen LogP contribution in [0.25, 0.3) is 0 Å². The van der Waals surface area contributed by atoms with Gasteiger partial charge in [-0.1, -0.05) is 22.0 Å². The van der Waals surface area contributed by atoms with Crippen molar-refractivity contribution < 1.29 is 0 Å². The van der Waals surface area contributed by atoms with Gasteiger partial charge < -0.3 is 0 Å². The number of aromatic nitrogens is 1. The summed E-state index contributed by atoms with van der Waals surface area (Å²) < 4.78 is 0. The third-order valence-electron chi connectivity index (χ3n) is 1.70. The Kier molecular flexibility index (Phi) is 4.54. The van der Waals surface area contributed by atoms with Crippen molar-refractivity contribution in [3.05, 3.63) is 29.2 Å². The Morgan fingerprint density at radius 2 is 2.58 bits per heavy atom. The summed E-state index contributed by atoms with van der Waals surface area (Å²) in [5.41, 5.74) is 3.08. The third kappa shape index (κ3) is 3.07. The molecule has 0 N–H and O–H groups in total. The molecule has 0 amide bonds. The molecule has 0 spiro atoms. The Morgan fingerprint density at radius 1 is 1.75 bits per heavy atom. The second-order valence-corrected chi connectivity index (χ2v) is 4.09. The van der Waals surface area contributed by atoms with Crippen LogP contribution in [0.4, 0.5) is 0 Å². The fourth-order valence-electron chi connectivity index (χ4n) is 1.07. The zero-order chi connectivity index (χ0) is 8.81. The number of halogens is 1. The summed E-state index contributed by atoms with van der Waals surface area (Å²) in [6.07, 6.45) is 4.09. The SMILES string of the molecule is C=CCC(CBr)Cc1cscn1. The van der Waals surface area contributed by atoms with Crippen LogP contribution in [0, 0.1) is 5.92 Å². The molecule has 1 unspecified atom stereocenters. The highest BCUT2D eigenvalue weighted by Gasteiger charge is 2.06. The van der Waals surface area contributed by atoms with E-state index in [-0.39, 0.29) is 0 Å². The first-order chi connectivity index (χ1) is 5.86. The first kappa shape index (κ1) is 9.93. The summed E-state index contributed by atoms with van der Waals surface area (Å²) >= 11 is 5.15. The molecule has 0 bridgehead atoms. The van der Waals surface area contributed by atoms with Gasteiger partial charge in [0.25, 0.3) is 0 Å². The standard InChI is InChI=1S/C9H12BrNS/c1-2-3-8(5-10)4-9-6-12-7-11-9/h2,6-8H,1,3-5H2. The van der Waals surface area contributed by atoms with Gasteiger partial charge in [-0.15, -0.1) is 17.9 Å². The van der Waals surface area contributed by atoms with E-state index in [1.807, 2.05) is 11.6 Å². The molecule has 66 valence electrons. The monoisotopic (exact) mass is 245 g/mol. The Balaban J connectivity index is 2.42. The predicted octanol–water partition coefficient (Wildman–Crippen LogP) is 3.27. The molecule has 1 rings (SSSR count). The molecule has 0 aromatic carbocycles. The zero-order valence-electron chi connectivity index (χ0n) is 6.87. The number of hydrogen-bond acceptors (Lipinski definition) is 2. The van der Waals surface area contributed by atoms with E-state index in [1.54, 1.807) is 11.3 Å². The number of allylic oxidation sites excluding steroid dienone is 1. The summed E-state index contributed by atoms with van der Waals surface area (Å²) in [5.74, 6) is 0.643. The van der Waals surface area contributed by atoms with E-state index in [0.717, 1.165) is 18.2 Å². The molecule has 1 nitrogen and oxygen atoms in total. The van der Waals surface area contributed by atoms with Gasteiger partial charge in [-0.05, 0) is 18.8 Å². The molecule has 0 aliphatic carbocycles. The van der Waals surface area contributed by atoms with Gasteiger partial charge in [-0.3, -0.25) is 0 Å². The van der Waals surface area contributed by atoms with Crippen LogP contribution in [-0.2, 0) is 6.42 Å². The summed E-state index contributed by atoms with van der Waals surface area (Å²) in [5, 5.41) is 3.13. The summed E-state index contributed by atoms with van der Waals surface area (Å²) in [6, 6.07) is 0. The van der Waals surface area contributed by atoms with Crippen molar-refractivity contribution in [2.75, 3.05) is 5.33 Å². The van der Waals surface area contributed by atoms with Crippen molar-refractivity contribution in [1.29, 1.82) is 0 Å². The molecular formula is C9H12BrNS. The summed E-state index contributed by atoms with van der Waals surface area (Å²) in [7, 11) is 0. The lowest BCUT2D eigenvalue weighted by Crippen LogP contribution is -2.04. The van der Waals surface area contributed by atoms with Crippen molar-refractivity contribution in [3.8, 4) is 0 Å². The highest BCUT2D eigenvalue weighted by Crippen LogP contribution is 2.15. The number of nitrogens with zero attached hydrogens (tertiary/aromatic N) is 1. The predicted molar refractivity (Wildman–Crippen MR) is 57.9 cm³/mol. The van der Waals surface area contributed by atoms with Crippen LogP contribution in [0.5, 0.6) is 0 Å². The van der Waals surface area contributed by atoms with Gasteiger partial charge in [0.15, 0.2) is 0 Å². The van der Waals surface area contributed by atoms with E-state index in [2.05, 4.69) is 32.9 Å². The Morgan fingerprint density at radius 3 is 3.08 bits per heavy atom. The van der Waals surface area contributed by atoms with E-state index < -0.39 is 0 Å². The van der Waals surface area contributed by atoms with E-state index in [4.69, 9.17) is 0 Å². The number of alkyl halides is 1. The largest absolute Gasteiger partial charge is 0.250 e. The molecule has 0 radical (unpaired) electrons. The van der Waals surface area contributed by atoms with E-state index in [9.17, 15) is 0 Å². The third-order valence-corrected chi connectivity index (χ3v) is 3.25. The average molecular weight is 246 g/mol. The van der Waals surface area contributed by atoms with Crippen molar-refractivity contribution in [1.82, 2.24) is 4.98 Å². The average Bonchev–Trinajstić information content (AvgIpc) is 2.56. The van der Waals surface area contributed by atoms with Gasteiger partial charge in [0, 0.05) is 10.7 Å². The number of rotatable bonds is 5. The molecule has 0 aliphatic heterocycles. The quantitative estimate of drug-likeness (QED) is 0.574. The van der Waals surface area contributed by atoms with Crippen LogP contribution in [-0.4, -0.2) is 10.3 Å². The van der Waals surface area contributed by atoms with Gasteiger partial charge in [0.1, 0.15) is 0 Å². The maximum absolute atomic E-state index is 4.25. The van der Waals surface area contributed by atoms with Gasteiger partial charge in [0.2, 0.25) is 0 Å². The molecule has 0 fully saturated rings. The van der Waals surface area contributed by atoms with Crippen molar-refractivity contribution >= 4 is 27.3 Å². The second kappa shape index (κ2) is 5.49. The first-order valence-electron chi connectivity index (χ1n) is 3.90. The van der Waals surface area contributed by atoms with Gasteiger partial charge >= 0.3 is 0 Å². The van der Waals surface area contributed by atoms with Crippen LogP contribution in [0.15, 0.2) is 23.5 Å². The topological polar surface area (TPSA) is 12.9 Å². The van der Waals surface area contributed by atoms with Crippen LogP contribution in [0.2, 0.25) is 0 Å².